The van der Waals surface area contributed by atoms with E-state index in [1.54, 1.807) is 11.7 Å². The fraction of sp³-hybridized carbons (Fsp3) is 0.350. The van der Waals surface area contributed by atoms with Gasteiger partial charge in [0.1, 0.15) is 24.6 Å². The van der Waals surface area contributed by atoms with Gasteiger partial charge in [0, 0.05) is 18.7 Å². The molecule has 1 saturated carbocycles. The van der Waals surface area contributed by atoms with Crippen LogP contribution in [0.4, 0.5) is 8.78 Å². The van der Waals surface area contributed by atoms with Crippen LogP contribution in [0.15, 0.2) is 30.6 Å². The maximum absolute atomic E-state index is 14.4. The van der Waals surface area contributed by atoms with Crippen molar-refractivity contribution in [3.8, 4) is 17.3 Å². The molecule has 0 N–H and O–H groups in total. The maximum Gasteiger partial charge on any atom is 0.236 e. The van der Waals surface area contributed by atoms with Crippen LogP contribution in [0.2, 0.25) is 0 Å². The van der Waals surface area contributed by atoms with Crippen molar-refractivity contribution >= 4 is 5.65 Å². The fourth-order valence-electron chi connectivity index (χ4n) is 3.75. The van der Waals surface area contributed by atoms with E-state index >= 15 is 0 Å². The summed E-state index contributed by atoms with van der Waals surface area (Å²) in [6.45, 7) is 2.34. The Morgan fingerprint density at radius 3 is 2.67 bits per heavy atom. The van der Waals surface area contributed by atoms with Gasteiger partial charge in [-0.2, -0.15) is 9.61 Å². The first-order valence-electron chi connectivity index (χ1n) is 9.63. The van der Waals surface area contributed by atoms with Gasteiger partial charge in [0.25, 0.3) is 0 Å². The molecule has 10 heteroatoms. The summed E-state index contributed by atoms with van der Waals surface area (Å²) in [5.74, 6) is -0.156. The molecule has 3 aromatic heterocycles. The van der Waals surface area contributed by atoms with Gasteiger partial charge in [-0.05, 0) is 36.5 Å². The predicted octanol–water partition coefficient (Wildman–Crippen LogP) is 3.22. The minimum Gasteiger partial charge on any atom is -0.468 e. The molecule has 0 amide bonds. The number of hydrogen-bond acceptors (Lipinski definition) is 6. The Morgan fingerprint density at radius 1 is 1.17 bits per heavy atom. The number of ether oxygens (including phenoxy) is 1. The molecule has 4 aromatic rings. The van der Waals surface area contributed by atoms with Crippen molar-refractivity contribution in [3.63, 3.8) is 0 Å². The fourth-order valence-corrected chi connectivity index (χ4v) is 3.75. The van der Waals surface area contributed by atoms with E-state index < -0.39 is 11.6 Å². The lowest BCUT2D eigenvalue weighted by molar-refractivity contribution is 0.231. The number of nitrogens with zero attached hydrogens (tertiary/aromatic N) is 7. The van der Waals surface area contributed by atoms with Crippen LogP contribution in [0.5, 0.6) is 5.88 Å². The topological polar surface area (TPSA) is 83.0 Å². The molecule has 1 aliphatic carbocycles. The molecule has 3 heterocycles. The Labute approximate surface area is 170 Å². The van der Waals surface area contributed by atoms with Gasteiger partial charge in [-0.3, -0.25) is 4.68 Å². The van der Waals surface area contributed by atoms with Gasteiger partial charge < -0.3 is 4.74 Å². The van der Waals surface area contributed by atoms with E-state index in [4.69, 9.17) is 4.74 Å². The number of benzene rings is 1. The zero-order valence-electron chi connectivity index (χ0n) is 16.5. The molecule has 154 valence electrons. The lowest BCUT2D eigenvalue weighted by Crippen LogP contribution is -2.31. The smallest absolute Gasteiger partial charge is 0.236 e. The Hall–Kier alpha value is -3.43. The Morgan fingerprint density at radius 2 is 2.00 bits per heavy atom. The van der Waals surface area contributed by atoms with Crippen LogP contribution in [0, 0.1) is 11.6 Å². The second-order valence-electron chi connectivity index (χ2n) is 7.78. The number of aryl methyl sites for hydroxylation is 1. The molecule has 1 fully saturated rings. The van der Waals surface area contributed by atoms with Crippen molar-refractivity contribution < 1.29 is 13.5 Å². The van der Waals surface area contributed by atoms with E-state index in [9.17, 15) is 8.78 Å². The van der Waals surface area contributed by atoms with E-state index in [1.165, 1.54) is 23.0 Å². The summed E-state index contributed by atoms with van der Waals surface area (Å²) in [5, 5.41) is 16.9. The minimum absolute atomic E-state index is 0.0722. The highest BCUT2D eigenvalue weighted by Gasteiger charge is 2.37. The van der Waals surface area contributed by atoms with Crippen molar-refractivity contribution in [1.82, 2.24) is 34.6 Å². The summed E-state index contributed by atoms with van der Waals surface area (Å²) in [5.41, 5.74) is 1.44. The van der Waals surface area contributed by atoms with Gasteiger partial charge >= 0.3 is 0 Å². The van der Waals surface area contributed by atoms with E-state index in [-0.39, 0.29) is 23.4 Å². The number of halogens is 2. The van der Waals surface area contributed by atoms with Crippen LogP contribution in [-0.4, -0.2) is 34.6 Å². The number of hydrogen-bond donors (Lipinski definition) is 0. The van der Waals surface area contributed by atoms with Gasteiger partial charge in [-0.15, -0.1) is 15.3 Å². The van der Waals surface area contributed by atoms with Crippen LogP contribution < -0.4 is 4.74 Å². The number of aromatic nitrogens is 7. The zero-order valence-corrected chi connectivity index (χ0v) is 16.5. The molecule has 30 heavy (non-hydrogen) atoms. The summed E-state index contributed by atoms with van der Waals surface area (Å²) < 4.78 is 36.8. The molecule has 0 saturated heterocycles. The largest absolute Gasteiger partial charge is 0.468 e. The highest BCUT2D eigenvalue weighted by molar-refractivity contribution is 5.60. The molecule has 0 unspecified atom stereocenters. The number of rotatable bonds is 5. The summed E-state index contributed by atoms with van der Waals surface area (Å²) in [6.07, 6.45) is 4.61. The second-order valence-corrected chi connectivity index (χ2v) is 7.78. The average molecular weight is 411 g/mol. The third-order valence-electron chi connectivity index (χ3n) is 5.78. The van der Waals surface area contributed by atoms with Crippen LogP contribution in [0.3, 0.4) is 0 Å². The van der Waals surface area contributed by atoms with Crippen molar-refractivity contribution in [3.05, 3.63) is 53.6 Å². The Bertz CT molecular complexity index is 1250. The molecule has 0 spiro atoms. The van der Waals surface area contributed by atoms with Gasteiger partial charge in [0.2, 0.25) is 5.88 Å². The van der Waals surface area contributed by atoms with E-state index in [0.29, 0.717) is 17.4 Å². The molecule has 0 atom stereocenters. The molecule has 0 aliphatic heterocycles. The van der Waals surface area contributed by atoms with E-state index in [1.807, 2.05) is 6.07 Å². The van der Waals surface area contributed by atoms with Crippen LogP contribution in [-0.2, 0) is 19.1 Å². The van der Waals surface area contributed by atoms with Crippen molar-refractivity contribution in [1.29, 1.82) is 0 Å². The van der Waals surface area contributed by atoms with E-state index in [2.05, 4.69) is 32.3 Å². The third kappa shape index (κ3) is 2.99. The summed E-state index contributed by atoms with van der Waals surface area (Å²) in [6, 6.07) is 5.19. The van der Waals surface area contributed by atoms with Crippen molar-refractivity contribution in [2.45, 2.75) is 38.2 Å². The highest BCUT2D eigenvalue weighted by Crippen LogP contribution is 2.46. The minimum atomic E-state index is -0.734. The molecular formula is C20H19F2N7O. The van der Waals surface area contributed by atoms with Crippen LogP contribution >= 0.6 is 0 Å². The molecule has 1 aromatic carbocycles. The standard InChI is InChI=1S/C20H19F2N7O/c1-20(6-3-7-20)14-9-16-25-26-18(13-5-4-12(21)8-15(13)22)29(16)27-19(14)30-10-17-23-11-24-28(17)2/h4-5,8-9,11H,3,6-7,10H2,1-2H3. The van der Waals surface area contributed by atoms with Gasteiger partial charge in [0.05, 0.1) is 5.56 Å². The van der Waals surface area contributed by atoms with Crippen LogP contribution in [0.25, 0.3) is 17.0 Å². The van der Waals surface area contributed by atoms with Crippen LogP contribution in [0.1, 0.15) is 37.6 Å². The quantitative estimate of drug-likeness (QED) is 0.502. The lowest BCUT2D eigenvalue weighted by atomic mass is 9.66. The van der Waals surface area contributed by atoms with E-state index in [0.717, 1.165) is 30.9 Å². The van der Waals surface area contributed by atoms with Gasteiger partial charge in [-0.25, -0.2) is 13.8 Å². The zero-order chi connectivity index (χ0) is 20.9. The summed E-state index contributed by atoms with van der Waals surface area (Å²) >= 11 is 0. The first-order valence-corrected chi connectivity index (χ1v) is 9.63. The SMILES string of the molecule is Cn1ncnc1COc1nn2c(-c3ccc(F)cc3F)nnc2cc1C1(C)CCC1. The van der Waals surface area contributed by atoms with Gasteiger partial charge in [-0.1, -0.05) is 13.3 Å². The third-order valence-corrected chi connectivity index (χ3v) is 5.78. The Balaban J connectivity index is 1.61. The molecule has 5 rings (SSSR count). The average Bonchev–Trinajstić information content (AvgIpc) is 3.29. The summed E-state index contributed by atoms with van der Waals surface area (Å²) in [4.78, 5) is 4.18. The first kappa shape index (κ1) is 18.6. The highest BCUT2D eigenvalue weighted by atomic mass is 19.1. The molecule has 1 aliphatic rings. The molecule has 0 radical (unpaired) electrons. The Kier molecular flexibility index (Phi) is 4.23. The monoisotopic (exact) mass is 411 g/mol. The van der Waals surface area contributed by atoms with Gasteiger partial charge in [0.15, 0.2) is 17.3 Å². The van der Waals surface area contributed by atoms with Crippen molar-refractivity contribution in [2.24, 2.45) is 7.05 Å². The maximum atomic E-state index is 14.4. The second kappa shape index (κ2) is 6.82. The molecular weight excluding hydrogens is 392 g/mol. The first-order chi connectivity index (χ1) is 14.4. The summed E-state index contributed by atoms with van der Waals surface area (Å²) in [7, 11) is 1.78. The molecule has 8 nitrogen and oxygen atoms in total. The van der Waals surface area contributed by atoms with Crippen molar-refractivity contribution in [2.75, 3.05) is 0 Å². The predicted molar refractivity (Wildman–Crippen MR) is 103 cm³/mol. The number of fused-ring (bicyclic) bond motifs is 1. The normalized spacial score (nSPS) is 15.3. The lowest BCUT2D eigenvalue weighted by Gasteiger charge is -2.39. The molecule has 0 bridgehead atoms.